The van der Waals surface area contributed by atoms with Crippen molar-refractivity contribution >= 4 is 33.1 Å². The van der Waals surface area contributed by atoms with Gasteiger partial charge in [0.1, 0.15) is 23.4 Å². The fraction of sp³-hybridized carbons (Fsp3) is 0.222. The van der Waals surface area contributed by atoms with Crippen LogP contribution >= 0.6 is 11.3 Å². The van der Waals surface area contributed by atoms with Crippen molar-refractivity contribution in [2.45, 2.75) is 26.3 Å². The molecule has 0 saturated heterocycles. The van der Waals surface area contributed by atoms with Crippen LogP contribution in [0.4, 0.5) is 5.82 Å². The molecule has 6 heteroatoms. The lowest BCUT2D eigenvalue weighted by Gasteiger charge is -2.22. The number of para-hydroxylation sites is 1. The number of hydrogen-bond donors (Lipinski definition) is 1. The Balaban J connectivity index is 2.00. The Morgan fingerprint density at radius 1 is 1.25 bits per heavy atom. The second-order valence-electron chi connectivity index (χ2n) is 6.71. The van der Waals surface area contributed by atoms with Crippen molar-refractivity contribution in [1.82, 2.24) is 9.38 Å². The van der Waals surface area contributed by atoms with Crippen LogP contribution in [0.15, 0.2) is 51.3 Å². The smallest absolute Gasteiger partial charge is 0.202 e. The van der Waals surface area contributed by atoms with E-state index in [1.807, 2.05) is 28.1 Å². The van der Waals surface area contributed by atoms with Gasteiger partial charge >= 0.3 is 0 Å². The summed E-state index contributed by atoms with van der Waals surface area (Å²) in [5, 5.41) is 6.00. The maximum absolute atomic E-state index is 12.9. The van der Waals surface area contributed by atoms with Gasteiger partial charge in [-0.15, -0.1) is 11.3 Å². The molecule has 0 atom stereocenters. The number of nitrogens with one attached hydrogen (secondary N) is 1. The van der Waals surface area contributed by atoms with Gasteiger partial charge < -0.3 is 9.73 Å². The van der Waals surface area contributed by atoms with E-state index < -0.39 is 0 Å². The lowest BCUT2D eigenvalue weighted by Crippen LogP contribution is -2.27. The van der Waals surface area contributed by atoms with E-state index in [1.54, 1.807) is 12.1 Å². The van der Waals surface area contributed by atoms with Crippen molar-refractivity contribution in [2.24, 2.45) is 0 Å². The average Bonchev–Trinajstić information content (AvgIpc) is 3.10. The van der Waals surface area contributed by atoms with Crippen molar-refractivity contribution in [3.8, 4) is 11.3 Å². The molecular formula is C18H17N3O2S. The molecule has 0 amide bonds. The summed E-state index contributed by atoms with van der Waals surface area (Å²) in [6.07, 6.45) is 3.46. The van der Waals surface area contributed by atoms with Crippen molar-refractivity contribution in [1.29, 1.82) is 0 Å². The Hall–Kier alpha value is -2.60. The fourth-order valence-corrected chi connectivity index (χ4v) is 3.40. The highest BCUT2D eigenvalue weighted by Crippen LogP contribution is 2.31. The van der Waals surface area contributed by atoms with Crippen LogP contribution in [0.5, 0.6) is 0 Å². The molecule has 4 aromatic rings. The van der Waals surface area contributed by atoms with Crippen LogP contribution in [-0.4, -0.2) is 14.9 Å². The van der Waals surface area contributed by atoms with Crippen LogP contribution in [0, 0.1) is 0 Å². The van der Waals surface area contributed by atoms with Gasteiger partial charge in [-0.25, -0.2) is 4.98 Å². The van der Waals surface area contributed by atoms with Gasteiger partial charge in [0.05, 0.1) is 10.9 Å². The number of thiazole rings is 1. The van der Waals surface area contributed by atoms with Crippen molar-refractivity contribution in [3.63, 3.8) is 0 Å². The third kappa shape index (κ3) is 2.39. The minimum absolute atomic E-state index is 0.0698. The monoisotopic (exact) mass is 339 g/mol. The van der Waals surface area contributed by atoms with Gasteiger partial charge in [-0.1, -0.05) is 12.1 Å². The second-order valence-corrected chi connectivity index (χ2v) is 7.59. The molecule has 0 unspecified atom stereocenters. The van der Waals surface area contributed by atoms with Crippen LogP contribution in [0.2, 0.25) is 0 Å². The molecule has 1 N–H and O–H groups in total. The van der Waals surface area contributed by atoms with E-state index in [0.717, 1.165) is 10.8 Å². The molecule has 3 heterocycles. The maximum atomic E-state index is 12.9. The first-order valence-electron chi connectivity index (χ1n) is 7.69. The van der Waals surface area contributed by atoms with Crippen molar-refractivity contribution in [3.05, 3.63) is 52.3 Å². The number of benzene rings is 1. The Morgan fingerprint density at radius 2 is 2.04 bits per heavy atom. The standard InChI is InChI=1S/C18H17N3O2S/c1-18(2,3)20-16-14(19-17-21(16)8-9-24-17)12-10-23-13-7-5-4-6-11(13)15(12)22/h4-10,20H,1-3H3. The number of rotatable bonds is 2. The molecule has 0 saturated carbocycles. The largest absolute Gasteiger partial charge is 0.463 e. The van der Waals surface area contributed by atoms with Gasteiger partial charge in [-0.05, 0) is 32.9 Å². The molecule has 0 aliphatic heterocycles. The molecule has 0 aliphatic rings. The summed E-state index contributed by atoms with van der Waals surface area (Å²) in [6.45, 7) is 6.22. The van der Waals surface area contributed by atoms with E-state index in [2.05, 4.69) is 31.1 Å². The lowest BCUT2D eigenvalue weighted by molar-refractivity contribution is 0.604. The predicted molar refractivity (Wildman–Crippen MR) is 97.9 cm³/mol. The number of anilines is 1. The van der Waals surface area contributed by atoms with Crippen LogP contribution in [0.25, 0.3) is 27.2 Å². The van der Waals surface area contributed by atoms with Gasteiger partial charge in [-0.3, -0.25) is 9.20 Å². The van der Waals surface area contributed by atoms with E-state index in [9.17, 15) is 4.79 Å². The van der Waals surface area contributed by atoms with Crippen LogP contribution in [0.1, 0.15) is 20.8 Å². The zero-order valence-electron chi connectivity index (χ0n) is 13.7. The Bertz CT molecular complexity index is 1100. The summed E-state index contributed by atoms with van der Waals surface area (Å²) < 4.78 is 7.63. The van der Waals surface area contributed by atoms with Crippen molar-refractivity contribution < 1.29 is 4.42 Å². The zero-order valence-corrected chi connectivity index (χ0v) is 14.5. The zero-order chi connectivity index (χ0) is 16.9. The van der Waals surface area contributed by atoms with Crippen LogP contribution < -0.4 is 10.7 Å². The third-order valence-corrected chi connectivity index (χ3v) is 4.45. The summed E-state index contributed by atoms with van der Waals surface area (Å²) in [5.41, 5.74) is 1.44. The molecular weight excluding hydrogens is 322 g/mol. The Morgan fingerprint density at radius 3 is 2.83 bits per heavy atom. The first-order valence-corrected chi connectivity index (χ1v) is 8.57. The van der Waals surface area contributed by atoms with Crippen LogP contribution in [0.3, 0.4) is 0 Å². The van der Waals surface area contributed by atoms with Gasteiger partial charge in [0.25, 0.3) is 0 Å². The summed E-state index contributed by atoms with van der Waals surface area (Å²) in [5.74, 6) is 0.807. The number of fused-ring (bicyclic) bond motifs is 2. The molecule has 4 rings (SSSR count). The van der Waals surface area contributed by atoms with E-state index in [4.69, 9.17) is 4.42 Å². The number of nitrogens with zero attached hydrogens (tertiary/aromatic N) is 2. The van der Waals surface area contributed by atoms with E-state index in [1.165, 1.54) is 17.6 Å². The topological polar surface area (TPSA) is 59.5 Å². The molecule has 1 aromatic carbocycles. The maximum Gasteiger partial charge on any atom is 0.202 e. The Kier molecular flexibility index (Phi) is 3.25. The molecule has 24 heavy (non-hydrogen) atoms. The quantitative estimate of drug-likeness (QED) is 0.589. The third-order valence-electron chi connectivity index (χ3n) is 3.69. The summed E-state index contributed by atoms with van der Waals surface area (Å²) in [4.78, 5) is 18.4. The van der Waals surface area contributed by atoms with Gasteiger partial charge in [0.2, 0.25) is 5.43 Å². The highest BCUT2D eigenvalue weighted by molar-refractivity contribution is 7.15. The summed E-state index contributed by atoms with van der Waals surface area (Å²) >= 11 is 1.53. The first kappa shape index (κ1) is 15.0. The van der Waals surface area contributed by atoms with Gasteiger partial charge in [0, 0.05) is 17.1 Å². The molecule has 0 bridgehead atoms. The van der Waals surface area contributed by atoms with Gasteiger partial charge in [-0.2, -0.15) is 0 Å². The number of aromatic nitrogens is 2. The summed E-state index contributed by atoms with van der Waals surface area (Å²) in [6, 6.07) is 7.26. The molecule has 0 radical (unpaired) electrons. The number of hydrogen-bond acceptors (Lipinski definition) is 5. The van der Waals surface area contributed by atoms with E-state index >= 15 is 0 Å². The molecule has 0 spiro atoms. The lowest BCUT2D eigenvalue weighted by atomic mass is 10.1. The van der Waals surface area contributed by atoms with E-state index in [0.29, 0.717) is 22.2 Å². The SMILES string of the molecule is CC(C)(C)Nc1c(-c2coc3ccccc3c2=O)nc2sccn12. The normalized spacial score (nSPS) is 12.1. The molecule has 5 nitrogen and oxygen atoms in total. The Labute approximate surface area is 142 Å². The summed E-state index contributed by atoms with van der Waals surface area (Å²) in [7, 11) is 0. The fourth-order valence-electron chi connectivity index (χ4n) is 2.69. The average molecular weight is 339 g/mol. The van der Waals surface area contributed by atoms with Crippen molar-refractivity contribution in [2.75, 3.05) is 5.32 Å². The minimum Gasteiger partial charge on any atom is -0.463 e. The van der Waals surface area contributed by atoms with Crippen LogP contribution in [-0.2, 0) is 0 Å². The highest BCUT2D eigenvalue weighted by Gasteiger charge is 2.22. The van der Waals surface area contributed by atoms with Gasteiger partial charge in [0.15, 0.2) is 4.96 Å². The molecule has 0 aliphatic carbocycles. The minimum atomic E-state index is -0.163. The van der Waals surface area contributed by atoms with E-state index in [-0.39, 0.29) is 11.0 Å². The first-order chi connectivity index (χ1) is 11.4. The highest BCUT2D eigenvalue weighted by atomic mass is 32.1. The number of imidazole rings is 1. The molecule has 3 aromatic heterocycles. The predicted octanol–water partition coefficient (Wildman–Crippen LogP) is 4.38. The molecule has 122 valence electrons. The molecule has 0 fully saturated rings. The second kappa shape index (κ2) is 5.21.